The number of benzene rings is 2. The summed E-state index contributed by atoms with van der Waals surface area (Å²) in [5.74, 6) is 1.10. The van der Waals surface area contributed by atoms with E-state index in [1.165, 1.54) is 23.7 Å². The molecule has 0 unspecified atom stereocenters. The number of methoxy groups -OCH3 is 1. The molecule has 0 fully saturated rings. The van der Waals surface area contributed by atoms with E-state index in [1.807, 2.05) is 54.9 Å². The van der Waals surface area contributed by atoms with Crippen molar-refractivity contribution >= 4 is 33.2 Å². The molecule has 5 rings (SSSR count). The maximum atomic E-state index is 14.6. The quantitative estimate of drug-likeness (QED) is 0.309. The minimum absolute atomic E-state index is 0.266. The zero-order valence-corrected chi connectivity index (χ0v) is 20.4. The van der Waals surface area contributed by atoms with Crippen molar-refractivity contribution in [1.29, 1.82) is 0 Å². The zero-order valence-electron chi connectivity index (χ0n) is 19.5. The summed E-state index contributed by atoms with van der Waals surface area (Å²) in [7, 11) is 3.42. The smallest absolute Gasteiger partial charge is 0.205 e. The fraction of sp³-hybridized carbons (Fsp3) is 0.200. The SMILES string of the molecule is CNc1nnc(-c2ccc(-c3cc(NCCn4c(C)cc5c(OC)ccc(F)c54)ncn3)cc2)s1. The van der Waals surface area contributed by atoms with E-state index in [0.29, 0.717) is 30.2 Å². The molecular weight excluding hydrogens is 465 g/mol. The van der Waals surface area contributed by atoms with Crippen LogP contribution in [0.25, 0.3) is 32.7 Å². The lowest BCUT2D eigenvalue weighted by Crippen LogP contribution is -2.13. The minimum Gasteiger partial charge on any atom is -0.496 e. The Balaban J connectivity index is 1.29. The van der Waals surface area contributed by atoms with Gasteiger partial charge in [0.1, 0.15) is 28.7 Å². The van der Waals surface area contributed by atoms with E-state index in [2.05, 4.69) is 30.8 Å². The molecule has 10 heteroatoms. The lowest BCUT2D eigenvalue weighted by Gasteiger charge is -2.12. The molecule has 0 atom stereocenters. The molecule has 0 saturated heterocycles. The second kappa shape index (κ2) is 9.67. The highest BCUT2D eigenvalue weighted by Crippen LogP contribution is 2.31. The number of rotatable bonds is 8. The van der Waals surface area contributed by atoms with Gasteiger partial charge in [-0.15, -0.1) is 10.2 Å². The van der Waals surface area contributed by atoms with Gasteiger partial charge in [-0.25, -0.2) is 14.4 Å². The number of aryl methyl sites for hydroxylation is 1. The summed E-state index contributed by atoms with van der Waals surface area (Å²) in [6.45, 7) is 3.11. The third-order valence-electron chi connectivity index (χ3n) is 5.77. The number of ether oxygens (including phenoxy) is 1. The molecule has 3 aromatic heterocycles. The zero-order chi connectivity index (χ0) is 24.4. The summed E-state index contributed by atoms with van der Waals surface area (Å²) in [4.78, 5) is 8.76. The minimum atomic E-state index is -0.266. The number of hydrogen-bond acceptors (Lipinski definition) is 8. The van der Waals surface area contributed by atoms with E-state index in [1.54, 1.807) is 13.2 Å². The molecule has 35 heavy (non-hydrogen) atoms. The average Bonchev–Trinajstić information content (AvgIpc) is 3.50. The standard InChI is InChI=1S/C25H24FN7OS/c1-15-12-18-21(34-3)9-8-19(26)23(18)33(15)11-10-28-22-13-20(29-14-30-22)16-4-6-17(7-5-16)24-31-32-25(27-2)35-24/h4-9,12-14H,10-11H2,1-3H3,(H,27,32)(H,28,29,30). The second-order valence-electron chi connectivity index (χ2n) is 7.90. The van der Waals surface area contributed by atoms with Gasteiger partial charge in [0.25, 0.3) is 0 Å². The molecule has 0 aliphatic carbocycles. The fourth-order valence-corrected chi connectivity index (χ4v) is 4.74. The van der Waals surface area contributed by atoms with Crippen LogP contribution in [-0.2, 0) is 6.54 Å². The molecule has 8 nitrogen and oxygen atoms in total. The van der Waals surface area contributed by atoms with Crippen molar-refractivity contribution in [2.45, 2.75) is 13.5 Å². The normalized spacial score (nSPS) is 11.1. The van der Waals surface area contributed by atoms with Crippen LogP contribution in [0.1, 0.15) is 5.69 Å². The fourth-order valence-electron chi connectivity index (χ4n) is 4.04. The van der Waals surface area contributed by atoms with Crippen molar-refractivity contribution in [3.8, 4) is 27.6 Å². The first kappa shape index (κ1) is 22.7. The van der Waals surface area contributed by atoms with Gasteiger partial charge >= 0.3 is 0 Å². The molecule has 0 saturated carbocycles. The summed E-state index contributed by atoms with van der Waals surface area (Å²) in [5.41, 5.74) is 4.29. The van der Waals surface area contributed by atoms with Gasteiger partial charge in [-0.1, -0.05) is 35.6 Å². The topological polar surface area (TPSA) is 89.8 Å². The van der Waals surface area contributed by atoms with Gasteiger partial charge in [0.15, 0.2) is 0 Å². The van der Waals surface area contributed by atoms with Crippen LogP contribution in [0.2, 0.25) is 0 Å². The summed E-state index contributed by atoms with van der Waals surface area (Å²) in [6, 6.07) is 15.0. The molecule has 0 bridgehead atoms. The predicted octanol–water partition coefficient (Wildman–Crippen LogP) is 5.23. The maximum absolute atomic E-state index is 14.6. The van der Waals surface area contributed by atoms with Crippen LogP contribution < -0.4 is 15.4 Å². The Labute approximate surface area is 205 Å². The largest absolute Gasteiger partial charge is 0.496 e. The lowest BCUT2D eigenvalue weighted by molar-refractivity contribution is 0.419. The van der Waals surface area contributed by atoms with Gasteiger partial charge < -0.3 is 19.9 Å². The first-order valence-corrected chi connectivity index (χ1v) is 11.9. The molecular formula is C25H24FN7OS. The molecule has 0 aliphatic rings. The Kier molecular flexibility index (Phi) is 6.28. The van der Waals surface area contributed by atoms with Crippen molar-refractivity contribution in [2.75, 3.05) is 31.3 Å². The molecule has 0 aliphatic heterocycles. The van der Waals surface area contributed by atoms with Crippen molar-refractivity contribution in [3.63, 3.8) is 0 Å². The molecule has 0 amide bonds. The molecule has 2 aromatic carbocycles. The van der Waals surface area contributed by atoms with Crippen LogP contribution in [0.3, 0.4) is 0 Å². The lowest BCUT2D eigenvalue weighted by atomic mass is 10.1. The van der Waals surface area contributed by atoms with E-state index in [9.17, 15) is 4.39 Å². The molecule has 0 radical (unpaired) electrons. The number of aromatic nitrogens is 5. The van der Waals surface area contributed by atoms with E-state index in [4.69, 9.17) is 4.74 Å². The van der Waals surface area contributed by atoms with Crippen molar-refractivity contribution in [3.05, 3.63) is 66.4 Å². The summed E-state index contributed by atoms with van der Waals surface area (Å²) < 4.78 is 21.9. The van der Waals surface area contributed by atoms with Gasteiger partial charge in [-0.3, -0.25) is 0 Å². The Morgan fingerprint density at radius 3 is 2.57 bits per heavy atom. The van der Waals surface area contributed by atoms with Gasteiger partial charge in [0.05, 0.1) is 18.3 Å². The Morgan fingerprint density at radius 1 is 1.03 bits per heavy atom. The van der Waals surface area contributed by atoms with E-state index >= 15 is 0 Å². The van der Waals surface area contributed by atoms with Crippen LogP contribution in [0.4, 0.5) is 15.3 Å². The van der Waals surface area contributed by atoms with Crippen LogP contribution in [0.5, 0.6) is 5.75 Å². The van der Waals surface area contributed by atoms with Crippen LogP contribution >= 0.6 is 11.3 Å². The average molecular weight is 490 g/mol. The van der Waals surface area contributed by atoms with Crippen molar-refractivity contribution < 1.29 is 9.13 Å². The molecule has 2 N–H and O–H groups in total. The summed E-state index contributed by atoms with van der Waals surface area (Å²) in [5, 5.41) is 17.0. The number of anilines is 2. The van der Waals surface area contributed by atoms with Crippen LogP contribution in [0.15, 0.2) is 54.9 Å². The first-order valence-electron chi connectivity index (χ1n) is 11.1. The molecule has 5 aromatic rings. The third-order valence-corrected chi connectivity index (χ3v) is 6.76. The van der Waals surface area contributed by atoms with E-state index < -0.39 is 0 Å². The molecule has 3 heterocycles. The Hall–Kier alpha value is -4.05. The highest BCUT2D eigenvalue weighted by molar-refractivity contribution is 7.18. The van der Waals surface area contributed by atoms with Crippen LogP contribution in [-0.4, -0.2) is 45.4 Å². The van der Waals surface area contributed by atoms with Gasteiger partial charge in [-0.2, -0.15) is 0 Å². The second-order valence-corrected chi connectivity index (χ2v) is 8.88. The Morgan fingerprint density at radius 2 is 1.83 bits per heavy atom. The van der Waals surface area contributed by atoms with Gasteiger partial charge in [0, 0.05) is 48.4 Å². The van der Waals surface area contributed by atoms with Crippen LogP contribution in [0, 0.1) is 12.7 Å². The van der Waals surface area contributed by atoms with E-state index in [0.717, 1.165) is 38.0 Å². The predicted molar refractivity (Wildman–Crippen MR) is 138 cm³/mol. The Bertz CT molecular complexity index is 1480. The van der Waals surface area contributed by atoms with E-state index in [-0.39, 0.29) is 5.82 Å². The molecule has 178 valence electrons. The maximum Gasteiger partial charge on any atom is 0.205 e. The summed E-state index contributed by atoms with van der Waals surface area (Å²) >= 11 is 1.50. The third kappa shape index (κ3) is 4.52. The molecule has 0 spiro atoms. The number of nitrogens with zero attached hydrogens (tertiary/aromatic N) is 5. The summed E-state index contributed by atoms with van der Waals surface area (Å²) in [6.07, 6.45) is 1.54. The highest BCUT2D eigenvalue weighted by atomic mass is 32.1. The highest BCUT2D eigenvalue weighted by Gasteiger charge is 2.14. The number of hydrogen-bond donors (Lipinski definition) is 2. The monoisotopic (exact) mass is 489 g/mol. The number of nitrogens with one attached hydrogen (secondary N) is 2. The number of halogens is 1. The van der Waals surface area contributed by atoms with Crippen molar-refractivity contribution in [2.24, 2.45) is 0 Å². The number of fused-ring (bicyclic) bond motifs is 1. The van der Waals surface area contributed by atoms with Gasteiger partial charge in [0.2, 0.25) is 5.13 Å². The first-order chi connectivity index (χ1) is 17.1. The van der Waals surface area contributed by atoms with Crippen molar-refractivity contribution in [1.82, 2.24) is 24.7 Å². The van der Waals surface area contributed by atoms with Gasteiger partial charge in [-0.05, 0) is 25.1 Å².